The molecule has 0 bridgehead atoms. The van der Waals surface area contributed by atoms with E-state index in [-0.39, 0.29) is 0 Å². The molecule has 0 radical (unpaired) electrons. The summed E-state index contributed by atoms with van der Waals surface area (Å²) in [5.74, 6) is 0. The quantitative estimate of drug-likeness (QED) is 0.587. The second-order valence-corrected chi connectivity index (χ2v) is 2.05. The topological polar surface area (TPSA) is 25.2 Å². The lowest BCUT2D eigenvalue weighted by atomic mass is 10.3. The number of hydrogen-bond acceptors (Lipinski definition) is 2. The molecule has 1 rings (SSSR count). The summed E-state index contributed by atoms with van der Waals surface area (Å²) in [7, 11) is 0. The van der Waals surface area contributed by atoms with Crippen LogP contribution in [-0.2, 0) is 0 Å². The normalized spacial score (nSPS) is 10.3. The first-order chi connectivity index (χ1) is 5.34. The minimum atomic E-state index is 0.702. The van der Waals surface area contributed by atoms with Crippen molar-refractivity contribution in [2.45, 2.75) is 6.92 Å². The lowest BCUT2D eigenvalue weighted by Crippen LogP contribution is -1.82. The summed E-state index contributed by atoms with van der Waals surface area (Å²) in [4.78, 5) is 8.10. The zero-order valence-corrected chi connectivity index (χ0v) is 6.49. The van der Waals surface area contributed by atoms with E-state index in [0.717, 1.165) is 5.69 Å². The van der Waals surface area contributed by atoms with Gasteiger partial charge >= 0.3 is 0 Å². The first-order valence-electron chi connectivity index (χ1n) is 3.43. The molecule has 0 aromatic carbocycles. The first-order valence-corrected chi connectivity index (χ1v) is 3.43. The number of aliphatic imine (C=N–C) groups is 1. The van der Waals surface area contributed by atoms with Gasteiger partial charge in [0, 0.05) is 12.4 Å². The van der Waals surface area contributed by atoms with Gasteiger partial charge in [-0.15, -0.1) is 0 Å². The van der Waals surface area contributed by atoms with E-state index < -0.39 is 0 Å². The third kappa shape index (κ3) is 2.00. The maximum absolute atomic E-state index is 4.08. The van der Waals surface area contributed by atoms with E-state index in [9.17, 15) is 0 Å². The van der Waals surface area contributed by atoms with Crippen molar-refractivity contribution >= 4 is 11.9 Å². The van der Waals surface area contributed by atoms with Crippen LogP contribution in [0.4, 0.5) is 0 Å². The molecule has 56 valence electrons. The van der Waals surface area contributed by atoms with Gasteiger partial charge in [-0.3, -0.25) is 9.98 Å². The van der Waals surface area contributed by atoms with E-state index >= 15 is 0 Å². The summed E-state index contributed by atoms with van der Waals surface area (Å²) >= 11 is 0. The number of pyridine rings is 1. The number of hydrogen-bond donors (Lipinski definition) is 0. The van der Waals surface area contributed by atoms with E-state index in [1.54, 1.807) is 12.4 Å². The lowest BCUT2D eigenvalue weighted by molar-refractivity contribution is 1.26. The van der Waals surface area contributed by atoms with Crippen molar-refractivity contribution in [3.63, 3.8) is 0 Å². The standard InChI is InChI=1S/C9H10N2/c1-3-10-8(2)9-6-4-5-7-11-9/h3-7H,2H2,1H3. The number of rotatable bonds is 2. The van der Waals surface area contributed by atoms with Gasteiger partial charge in [0.05, 0.1) is 11.4 Å². The van der Waals surface area contributed by atoms with Gasteiger partial charge in [-0.05, 0) is 19.1 Å². The van der Waals surface area contributed by atoms with Gasteiger partial charge in [0.25, 0.3) is 0 Å². The van der Waals surface area contributed by atoms with Crippen molar-refractivity contribution in [2.24, 2.45) is 4.99 Å². The van der Waals surface area contributed by atoms with Gasteiger partial charge in [-0.2, -0.15) is 0 Å². The van der Waals surface area contributed by atoms with E-state index in [4.69, 9.17) is 0 Å². The molecule has 2 heteroatoms. The molecule has 0 spiro atoms. The Morgan fingerprint density at radius 1 is 1.64 bits per heavy atom. The van der Waals surface area contributed by atoms with E-state index in [1.807, 2.05) is 25.1 Å². The van der Waals surface area contributed by atoms with Crippen LogP contribution in [0.1, 0.15) is 12.6 Å². The Morgan fingerprint density at radius 3 is 3.00 bits per heavy atom. The predicted octanol–water partition coefficient (Wildman–Crippen LogP) is 2.14. The number of aromatic nitrogens is 1. The van der Waals surface area contributed by atoms with Gasteiger partial charge < -0.3 is 0 Å². The molecule has 1 aromatic heterocycles. The van der Waals surface area contributed by atoms with Crippen molar-refractivity contribution in [1.82, 2.24) is 4.98 Å². The average molecular weight is 146 g/mol. The zero-order valence-electron chi connectivity index (χ0n) is 6.49. The smallest absolute Gasteiger partial charge is 0.0879 e. The highest BCUT2D eigenvalue weighted by Crippen LogP contribution is 2.07. The molecule has 1 aromatic rings. The highest BCUT2D eigenvalue weighted by molar-refractivity contribution is 5.69. The molecular weight excluding hydrogens is 136 g/mol. The molecule has 0 aliphatic rings. The predicted molar refractivity (Wildman–Crippen MR) is 47.4 cm³/mol. The van der Waals surface area contributed by atoms with Gasteiger partial charge in [0.1, 0.15) is 0 Å². The maximum atomic E-state index is 4.08. The minimum absolute atomic E-state index is 0.702. The van der Waals surface area contributed by atoms with Gasteiger partial charge in [0.15, 0.2) is 0 Å². The molecule has 0 aliphatic carbocycles. The summed E-state index contributed by atoms with van der Waals surface area (Å²) in [6, 6.07) is 5.67. The molecule has 0 saturated heterocycles. The fourth-order valence-corrected chi connectivity index (χ4v) is 0.755. The molecule has 11 heavy (non-hydrogen) atoms. The van der Waals surface area contributed by atoms with Crippen LogP contribution in [0.2, 0.25) is 0 Å². The summed E-state index contributed by atoms with van der Waals surface area (Å²) in [5, 5.41) is 0. The summed E-state index contributed by atoms with van der Waals surface area (Å²) < 4.78 is 0. The van der Waals surface area contributed by atoms with E-state index in [2.05, 4.69) is 16.6 Å². The average Bonchev–Trinajstić information content (AvgIpc) is 2.07. The third-order valence-corrected chi connectivity index (χ3v) is 1.25. The van der Waals surface area contributed by atoms with Crippen LogP contribution in [0.5, 0.6) is 0 Å². The Hall–Kier alpha value is -1.44. The Labute approximate surface area is 66.3 Å². The van der Waals surface area contributed by atoms with Crippen LogP contribution in [0.15, 0.2) is 36.0 Å². The van der Waals surface area contributed by atoms with Crippen LogP contribution < -0.4 is 0 Å². The summed E-state index contributed by atoms with van der Waals surface area (Å²) in [6.45, 7) is 5.61. The highest BCUT2D eigenvalue weighted by atomic mass is 14.8. The third-order valence-electron chi connectivity index (χ3n) is 1.25. The summed E-state index contributed by atoms with van der Waals surface area (Å²) in [5.41, 5.74) is 1.53. The van der Waals surface area contributed by atoms with Crippen molar-refractivity contribution < 1.29 is 0 Å². The molecule has 0 aliphatic heterocycles. The Bertz CT molecular complexity index is 262. The van der Waals surface area contributed by atoms with Crippen LogP contribution in [0.25, 0.3) is 5.70 Å². The van der Waals surface area contributed by atoms with Crippen LogP contribution >= 0.6 is 0 Å². The molecule has 0 saturated carbocycles. The van der Waals surface area contributed by atoms with Gasteiger partial charge in [-0.25, -0.2) is 0 Å². The molecule has 0 fully saturated rings. The van der Waals surface area contributed by atoms with Crippen molar-refractivity contribution in [1.29, 1.82) is 0 Å². The molecule has 0 amide bonds. The zero-order chi connectivity index (χ0) is 8.10. The second kappa shape index (κ2) is 3.66. The first kappa shape index (κ1) is 7.66. The Morgan fingerprint density at radius 2 is 2.45 bits per heavy atom. The monoisotopic (exact) mass is 146 g/mol. The fourth-order valence-electron chi connectivity index (χ4n) is 0.755. The molecular formula is C9H10N2. The molecule has 2 nitrogen and oxygen atoms in total. The van der Waals surface area contributed by atoms with Crippen LogP contribution in [0.3, 0.4) is 0 Å². The molecule has 0 N–H and O–H groups in total. The lowest BCUT2D eigenvalue weighted by Gasteiger charge is -1.95. The van der Waals surface area contributed by atoms with Crippen molar-refractivity contribution in [3.05, 3.63) is 36.7 Å². The number of nitrogens with zero attached hydrogens (tertiary/aromatic N) is 2. The Kier molecular flexibility index (Phi) is 2.55. The SMILES string of the molecule is C=C(N=CC)c1ccccn1. The molecule has 0 unspecified atom stereocenters. The molecule has 1 heterocycles. The van der Waals surface area contributed by atoms with Crippen LogP contribution in [0, 0.1) is 0 Å². The van der Waals surface area contributed by atoms with Crippen LogP contribution in [-0.4, -0.2) is 11.2 Å². The van der Waals surface area contributed by atoms with Gasteiger partial charge in [-0.1, -0.05) is 12.6 Å². The Balaban J connectivity index is 2.86. The fraction of sp³-hybridized carbons (Fsp3) is 0.111. The summed E-state index contributed by atoms with van der Waals surface area (Å²) in [6.07, 6.45) is 3.43. The highest BCUT2D eigenvalue weighted by Gasteiger charge is 1.93. The van der Waals surface area contributed by atoms with E-state index in [1.165, 1.54) is 0 Å². The van der Waals surface area contributed by atoms with Gasteiger partial charge in [0.2, 0.25) is 0 Å². The molecule has 0 atom stereocenters. The van der Waals surface area contributed by atoms with E-state index in [0.29, 0.717) is 5.70 Å². The maximum Gasteiger partial charge on any atom is 0.0879 e. The minimum Gasteiger partial charge on any atom is -0.260 e. The largest absolute Gasteiger partial charge is 0.260 e. The van der Waals surface area contributed by atoms with Crippen molar-refractivity contribution in [2.75, 3.05) is 0 Å². The second-order valence-electron chi connectivity index (χ2n) is 2.05. The van der Waals surface area contributed by atoms with Crippen molar-refractivity contribution in [3.8, 4) is 0 Å².